The van der Waals surface area contributed by atoms with Gasteiger partial charge in [-0.15, -0.1) is 0 Å². The van der Waals surface area contributed by atoms with Crippen LogP contribution in [0.15, 0.2) is 42.5 Å². The third kappa shape index (κ3) is 5.50. The van der Waals surface area contributed by atoms with Crippen molar-refractivity contribution in [3.63, 3.8) is 0 Å². The fourth-order valence-corrected chi connectivity index (χ4v) is 3.46. The molecule has 1 fully saturated rings. The van der Waals surface area contributed by atoms with Crippen molar-refractivity contribution in [1.29, 1.82) is 0 Å². The number of amides is 2. The highest BCUT2D eigenvalue weighted by atomic mass is 19.4. The summed E-state index contributed by atoms with van der Waals surface area (Å²) in [5.41, 5.74) is -0.468. The molecule has 1 saturated heterocycles. The molecule has 2 aromatic carbocycles. The molecule has 0 radical (unpaired) electrons. The molecule has 1 N–H and O–H groups in total. The third-order valence-electron chi connectivity index (χ3n) is 4.99. The molecule has 2 aromatic rings. The Balaban J connectivity index is 1.75. The van der Waals surface area contributed by atoms with Crippen LogP contribution in [0.3, 0.4) is 0 Å². The first kappa shape index (κ1) is 23.4. The minimum atomic E-state index is -4.44. The molecule has 0 aliphatic carbocycles. The quantitative estimate of drug-likeness (QED) is 0.685. The molecule has 1 aliphatic heterocycles. The predicted molar refractivity (Wildman–Crippen MR) is 110 cm³/mol. The van der Waals surface area contributed by atoms with Crippen molar-refractivity contribution in [2.45, 2.75) is 25.1 Å². The molecule has 32 heavy (non-hydrogen) atoms. The fraction of sp³-hybridized carbons (Fsp3) is 0.364. The van der Waals surface area contributed by atoms with Crippen LogP contribution in [0, 0.1) is 0 Å². The molecule has 1 atom stereocenters. The number of carbonyl (C=O) groups excluding carboxylic acids is 2. The molecule has 172 valence electrons. The van der Waals surface area contributed by atoms with Gasteiger partial charge >= 0.3 is 6.18 Å². The first-order valence-electron chi connectivity index (χ1n) is 9.85. The lowest BCUT2D eigenvalue weighted by Crippen LogP contribution is -2.44. The van der Waals surface area contributed by atoms with Gasteiger partial charge in [0.1, 0.15) is 29.9 Å². The van der Waals surface area contributed by atoms with Gasteiger partial charge < -0.3 is 24.4 Å². The standard InChI is InChI=1S/C22H23F3N2O5/c1-30-13-20(28)27-11-3-4-18(27)21(29)26-17-12-16(9-10-19(17)31-2)32-15-7-5-14(6-8-15)22(23,24)25/h5-10,12,18H,3-4,11,13H2,1-2H3,(H,26,29). The summed E-state index contributed by atoms with van der Waals surface area (Å²) < 4.78 is 54.0. The normalized spacial score (nSPS) is 16.0. The summed E-state index contributed by atoms with van der Waals surface area (Å²) in [5.74, 6) is 0.214. The second kappa shape index (κ2) is 9.90. The van der Waals surface area contributed by atoms with Gasteiger partial charge in [-0.1, -0.05) is 0 Å². The monoisotopic (exact) mass is 452 g/mol. The number of hydrogen-bond acceptors (Lipinski definition) is 5. The number of rotatable bonds is 7. The molecule has 1 heterocycles. The predicted octanol–water partition coefficient (Wildman–Crippen LogP) is 4.08. The molecule has 0 bridgehead atoms. The molecule has 0 aromatic heterocycles. The molecule has 3 rings (SSSR count). The molecule has 1 aliphatic rings. The van der Waals surface area contributed by atoms with E-state index in [0.717, 1.165) is 12.1 Å². The van der Waals surface area contributed by atoms with Crippen LogP contribution in [0.5, 0.6) is 17.2 Å². The maximum atomic E-state index is 12.9. The van der Waals surface area contributed by atoms with E-state index in [0.29, 0.717) is 36.6 Å². The zero-order valence-electron chi connectivity index (χ0n) is 17.6. The van der Waals surface area contributed by atoms with E-state index in [4.69, 9.17) is 14.2 Å². The second-order valence-corrected chi connectivity index (χ2v) is 7.15. The van der Waals surface area contributed by atoms with Crippen molar-refractivity contribution in [1.82, 2.24) is 4.90 Å². The first-order valence-corrected chi connectivity index (χ1v) is 9.85. The van der Waals surface area contributed by atoms with Crippen LogP contribution in [0.4, 0.5) is 18.9 Å². The molecule has 2 amide bonds. The van der Waals surface area contributed by atoms with Gasteiger partial charge in [0.05, 0.1) is 18.4 Å². The van der Waals surface area contributed by atoms with Gasteiger partial charge in [0.25, 0.3) is 0 Å². The Hall–Kier alpha value is -3.27. The lowest BCUT2D eigenvalue weighted by molar-refractivity contribution is -0.139. The van der Waals surface area contributed by atoms with Gasteiger partial charge in [0, 0.05) is 19.7 Å². The van der Waals surface area contributed by atoms with E-state index in [-0.39, 0.29) is 24.2 Å². The number of methoxy groups -OCH3 is 2. The summed E-state index contributed by atoms with van der Waals surface area (Å²) in [7, 11) is 2.85. The van der Waals surface area contributed by atoms with Crippen molar-refractivity contribution in [3.05, 3.63) is 48.0 Å². The van der Waals surface area contributed by atoms with Crippen LogP contribution >= 0.6 is 0 Å². The Bertz CT molecular complexity index is 963. The number of nitrogens with one attached hydrogen (secondary N) is 1. The Morgan fingerprint density at radius 1 is 1.09 bits per heavy atom. The summed E-state index contributed by atoms with van der Waals surface area (Å²) in [6.07, 6.45) is -3.22. The molecule has 0 spiro atoms. The van der Waals surface area contributed by atoms with Gasteiger partial charge in [-0.05, 0) is 49.2 Å². The smallest absolute Gasteiger partial charge is 0.416 e. The Morgan fingerprint density at radius 2 is 1.78 bits per heavy atom. The minimum absolute atomic E-state index is 0.108. The third-order valence-corrected chi connectivity index (χ3v) is 4.99. The van der Waals surface area contributed by atoms with E-state index in [2.05, 4.69) is 5.32 Å². The summed E-state index contributed by atoms with van der Waals surface area (Å²) >= 11 is 0. The van der Waals surface area contributed by atoms with Crippen LogP contribution in [0.25, 0.3) is 0 Å². The average Bonchev–Trinajstić information content (AvgIpc) is 3.24. The number of alkyl halides is 3. The molecular formula is C22H23F3N2O5. The summed E-state index contributed by atoms with van der Waals surface area (Å²) in [6, 6.07) is 8.27. The highest BCUT2D eigenvalue weighted by Crippen LogP contribution is 2.34. The van der Waals surface area contributed by atoms with Gasteiger partial charge in [0.2, 0.25) is 11.8 Å². The molecular weight excluding hydrogens is 429 g/mol. The summed E-state index contributed by atoms with van der Waals surface area (Å²) in [5, 5.41) is 2.76. The van der Waals surface area contributed by atoms with Crippen LogP contribution in [0.1, 0.15) is 18.4 Å². The number of likely N-dealkylation sites (tertiary alicyclic amines) is 1. The van der Waals surface area contributed by atoms with E-state index in [1.807, 2.05) is 0 Å². The SMILES string of the molecule is COCC(=O)N1CCCC1C(=O)Nc1cc(Oc2ccc(C(F)(F)F)cc2)ccc1OC. The van der Waals surface area contributed by atoms with Gasteiger partial charge in [-0.25, -0.2) is 0 Å². The topological polar surface area (TPSA) is 77.1 Å². The van der Waals surface area contributed by atoms with E-state index in [9.17, 15) is 22.8 Å². The number of benzene rings is 2. The molecule has 7 nitrogen and oxygen atoms in total. The minimum Gasteiger partial charge on any atom is -0.495 e. The fourth-order valence-electron chi connectivity index (χ4n) is 3.46. The van der Waals surface area contributed by atoms with Crippen LogP contribution < -0.4 is 14.8 Å². The van der Waals surface area contributed by atoms with Gasteiger partial charge in [-0.3, -0.25) is 9.59 Å². The van der Waals surface area contributed by atoms with Crippen LogP contribution in [-0.2, 0) is 20.5 Å². The van der Waals surface area contributed by atoms with Crippen LogP contribution in [-0.4, -0.2) is 50.1 Å². The Morgan fingerprint density at radius 3 is 2.41 bits per heavy atom. The number of carbonyl (C=O) groups is 2. The van der Waals surface area contributed by atoms with E-state index in [1.54, 1.807) is 12.1 Å². The summed E-state index contributed by atoms with van der Waals surface area (Å²) in [4.78, 5) is 26.5. The van der Waals surface area contributed by atoms with Crippen LogP contribution in [0.2, 0.25) is 0 Å². The largest absolute Gasteiger partial charge is 0.495 e. The highest BCUT2D eigenvalue weighted by Gasteiger charge is 2.34. The lowest BCUT2D eigenvalue weighted by Gasteiger charge is -2.24. The maximum absolute atomic E-state index is 12.9. The van der Waals surface area contributed by atoms with E-state index >= 15 is 0 Å². The Labute approximate surface area is 183 Å². The van der Waals surface area contributed by atoms with Crippen molar-refractivity contribution < 1.29 is 37.0 Å². The number of halogens is 3. The highest BCUT2D eigenvalue weighted by molar-refractivity contribution is 5.98. The van der Waals surface area contributed by atoms with Crippen molar-refractivity contribution in [2.24, 2.45) is 0 Å². The van der Waals surface area contributed by atoms with Crippen molar-refractivity contribution in [2.75, 3.05) is 32.7 Å². The molecule has 0 saturated carbocycles. The number of nitrogens with zero attached hydrogens (tertiary/aromatic N) is 1. The van der Waals surface area contributed by atoms with E-state index in [1.165, 1.54) is 37.3 Å². The maximum Gasteiger partial charge on any atom is 0.416 e. The van der Waals surface area contributed by atoms with Crippen molar-refractivity contribution in [3.8, 4) is 17.2 Å². The molecule has 1 unspecified atom stereocenters. The average molecular weight is 452 g/mol. The van der Waals surface area contributed by atoms with E-state index < -0.39 is 17.8 Å². The second-order valence-electron chi connectivity index (χ2n) is 7.15. The first-order chi connectivity index (χ1) is 15.2. The zero-order valence-corrected chi connectivity index (χ0v) is 17.6. The summed E-state index contributed by atoms with van der Waals surface area (Å²) in [6.45, 7) is 0.359. The molecule has 10 heteroatoms. The zero-order chi connectivity index (χ0) is 23.3. The number of anilines is 1. The van der Waals surface area contributed by atoms with Gasteiger partial charge in [-0.2, -0.15) is 13.2 Å². The lowest BCUT2D eigenvalue weighted by atomic mass is 10.2. The van der Waals surface area contributed by atoms with Gasteiger partial charge in [0.15, 0.2) is 0 Å². The number of ether oxygens (including phenoxy) is 3. The number of hydrogen-bond donors (Lipinski definition) is 1. The van der Waals surface area contributed by atoms with Crippen molar-refractivity contribution >= 4 is 17.5 Å². The Kier molecular flexibility index (Phi) is 7.24.